The second-order valence-electron chi connectivity index (χ2n) is 6.48. The van der Waals surface area contributed by atoms with Gasteiger partial charge < -0.3 is 10.1 Å². The molecule has 3 aromatic carbocycles. The Bertz CT molecular complexity index is 1150. The van der Waals surface area contributed by atoms with Crippen LogP contribution in [0.4, 0.5) is 5.69 Å². The van der Waals surface area contributed by atoms with Crippen molar-refractivity contribution in [2.45, 2.75) is 6.92 Å². The van der Waals surface area contributed by atoms with Gasteiger partial charge in [0.05, 0.1) is 29.6 Å². The fourth-order valence-corrected chi connectivity index (χ4v) is 3.45. The lowest BCUT2D eigenvalue weighted by Crippen LogP contribution is -2.16. The Morgan fingerprint density at radius 1 is 0.893 bits per heavy atom. The molecule has 138 valence electrons. The summed E-state index contributed by atoms with van der Waals surface area (Å²) < 4.78 is 5.37. The molecule has 0 saturated heterocycles. The number of methoxy groups -OCH3 is 1. The lowest BCUT2D eigenvalue weighted by molar-refractivity contribution is 0.102. The number of aromatic nitrogens is 1. The molecule has 1 N–H and O–H groups in total. The van der Waals surface area contributed by atoms with E-state index in [0.717, 1.165) is 22.0 Å². The molecule has 4 rings (SSSR count). The second kappa shape index (κ2) is 7.53. The molecule has 4 nitrogen and oxygen atoms in total. The molecule has 0 aliphatic heterocycles. The van der Waals surface area contributed by atoms with Gasteiger partial charge in [0.1, 0.15) is 5.75 Å². The van der Waals surface area contributed by atoms with Crippen LogP contribution in [0.15, 0.2) is 78.9 Å². The first kappa shape index (κ1) is 17.7. The zero-order valence-electron chi connectivity index (χ0n) is 15.8. The van der Waals surface area contributed by atoms with E-state index in [1.54, 1.807) is 7.11 Å². The zero-order chi connectivity index (χ0) is 19.5. The van der Waals surface area contributed by atoms with Crippen LogP contribution in [0.2, 0.25) is 0 Å². The number of carbonyl (C=O) groups excluding carboxylic acids is 1. The van der Waals surface area contributed by atoms with Gasteiger partial charge >= 0.3 is 0 Å². The molecule has 0 atom stereocenters. The Labute approximate surface area is 163 Å². The van der Waals surface area contributed by atoms with Gasteiger partial charge in [0, 0.05) is 10.9 Å². The molecule has 28 heavy (non-hydrogen) atoms. The van der Waals surface area contributed by atoms with E-state index in [4.69, 9.17) is 4.74 Å². The number of nitrogens with zero attached hydrogens (tertiary/aromatic N) is 1. The number of anilines is 1. The van der Waals surface area contributed by atoms with E-state index in [0.29, 0.717) is 22.7 Å². The number of aryl methyl sites for hydroxylation is 1. The maximum atomic E-state index is 13.3. The van der Waals surface area contributed by atoms with Crippen molar-refractivity contribution >= 4 is 22.5 Å². The van der Waals surface area contributed by atoms with E-state index >= 15 is 0 Å². The lowest BCUT2D eigenvalue weighted by Gasteiger charge is -2.16. The van der Waals surface area contributed by atoms with Crippen molar-refractivity contribution < 1.29 is 9.53 Å². The first-order valence-electron chi connectivity index (χ1n) is 9.08. The third-order valence-corrected chi connectivity index (χ3v) is 4.72. The molecule has 0 bridgehead atoms. The Kier molecular flexibility index (Phi) is 4.77. The highest BCUT2D eigenvalue weighted by Crippen LogP contribution is 2.34. The molecule has 0 aliphatic carbocycles. The van der Waals surface area contributed by atoms with Crippen molar-refractivity contribution in [2.24, 2.45) is 0 Å². The highest BCUT2D eigenvalue weighted by atomic mass is 16.5. The van der Waals surface area contributed by atoms with Crippen LogP contribution in [0.3, 0.4) is 0 Å². The van der Waals surface area contributed by atoms with Gasteiger partial charge in [0.15, 0.2) is 0 Å². The Morgan fingerprint density at radius 3 is 2.36 bits per heavy atom. The summed E-state index contributed by atoms with van der Waals surface area (Å²) in [6.07, 6.45) is 0. The first-order valence-corrected chi connectivity index (χ1v) is 9.08. The number of para-hydroxylation sites is 3. The summed E-state index contributed by atoms with van der Waals surface area (Å²) in [5, 5.41) is 3.94. The van der Waals surface area contributed by atoms with E-state index in [1.165, 1.54) is 0 Å². The number of rotatable bonds is 4. The summed E-state index contributed by atoms with van der Waals surface area (Å²) in [6, 6.07) is 25.2. The molecule has 0 saturated carbocycles. The van der Waals surface area contributed by atoms with Crippen molar-refractivity contribution in [3.05, 3.63) is 90.1 Å². The number of hydrogen-bond acceptors (Lipinski definition) is 3. The van der Waals surface area contributed by atoms with Crippen molar-refractivity contribution in [3.8, 4) is 16.9 Å². The number of amides is 1. The molecule has 1 heterocycles. The predicted molar refractivity (Wildman–Crippen MR) is 113 cm³/mol. The smallest absolute Gasteiger partial charge is 0.258 e. The standard InChI is InChI=1S/C24H20N2O2/c1-16-22(24(27)26-20-14-8-9-15-21(20)28-2)23(17-10-4-3-5-11-17)18-12-6-7-13-19(18)25-16/h3-15H,1-2H3,(H,26,27). The van der Waals surface area contributed by atoms with Crippen LogP contribution in [-0.2, 0) is 0 Å². The zero-order valence-corrected chi connectivity index (χ0v) is 15.8. The highest BCUT2D eigenvalue weighted by molar-refractivity contribution is 6.14. The maximum Gasteiger partial charge on any atom is 0.258 e. The first-order chi connectivity index (χ1) is 13.7. The molecule has 4 heteroatoms. The Morgan fingerprint density at radius 2 is 1.57 bits per heavy atom. The van der Waals surface area contributed by atoms with Gasteiger partial charge in [-0.25, -0.2) is 0 Å². The van der Waals surface area contributed by atoms with Gasteiger partial charge in [-0.15, -0.1) is 0 Å². The molecule has 1 amide bonds. The summed E-state index contributed by atoms with van der Waals surface area (Å²) in [5.41, 5.74) is 4.61. The van der Waals surface area contributed by atoms with Gasteiger partial charge in [-0.1, -0.05) is 60.7 Å². The van der Waals surface area contributed by atoms with Crippen LogP contribution < -0.4 is 10.1 Å². The minimum absolute atomic E-state index is 0.209. The number of fused-ring (bicyclic) bond motifs is 1. The summed E-state index contributed by atoms with van der Waals surface area (Å²) in [5.74, 6) is 0.405. The number of pyridine rings is 1. The number of carbonyl (C=O) groups is 1. The van der Waals surface area contributed by atoms with Gasteiger partial charge in [0.25, 0.3) is 5.91 Å². The maximum absolute atomic E-state index is 13.3. The van der Waals surface area contributed by atoms with Gasteiger partial charge in [-0.05, 0) is 30.7 Å². The third-order valence-electron chi connectivity index (χ3n) is 4.72. The Balaban J connectivity index is 1.91. The van der Waals surface area contributed by atoms with E-state index in [-0.39, 0.29) is 5.91 Å². The molecule has 0 fully saturated rings. The van der Waals surface area contributed by atoms with Crippen molar-refractivity contribution in [2.75, 3.05) is 12.4 Å². The van der Waals surface area contributed by atoms with Gasteiger partial charge in [0.2, 0.25) is 0 Å². The van der Waals surface area contributed by atoms with Gasteiger partial charge in [-0.3, -0.25) is 9.78 Å². The second-order valence-corrected chi connectivity index (χ2v) is 6.48. The minimum atomic E-state index is -0.209. The van der Waals surface area contributed by atoms with Crippen LogP contribution in [0.1, 0.15) is 16.1 Å². The summed E-state index contributed by atoms with van der Waals surface area (Å²) >= 11 is 0. The summed E-state index contributed by atoms with van der Waals surface area (Å²) in [7, 11) is 1.59. The fraction of sp³-hybridized carbons (Fsp3) is 0.0833. The van der Waals surface area contributed by atoms with Crippen LogP contribution in [0.5, 0.6) is 5.75 Å². The van der Waals surface area contributed by atoms with Crippen molar-refractivity contribution in [3.63, 3.8) is 0 Å². The highest BCUT2D eigenvalue weighted by Gasteiger charge is 2.21. The van der Waals surface area contributed by atoms with E-state index < -0.39 is 0 Å². The fourth-order valence-electron chi connectivity index (χ4n) is 3.45. The van der Waals surface area contributed by atoms with E-state index in [9.17, 15) is 4.79 Å². The minimum Gasteiger partial charge on any atom is -0.495 e. The number of benzene rings is 3. The molecule has 0 spiro atoms. The number of hydrogen-bond donors (Lipinski definition) is 1. The topological polar surface area (TPSA) is 51.2 Å². The van der Waals surface area contributed by atoms with Crippen molar-refractivity contribution in [1.82, 2.24) is 4.98 Å². The third kappa shape index (κ3) is 3.21. The SMILES string of the molecule is COc1ccccc1NC(=O)c1c(C)nc2ccccc2c1-c1ccccc1. The molecule has 1 aromatic heterocycles. The van der Waals surface area contributed by atoms with Gasteiger partial charge in [-0.2, -0.15) is 0 Å². The average Bonchev–Trinajstić information content (AvgIpc) is 2.73. The number of ether oxygens (including phenoxy) is 1. The van der Waals surface area contributed by atoms with E-state index in [2.05, 4.69) is 10.3 Å². The van der Waals surface area contributed by atoms with Crippen LogP contribution in [-0.4, -0.2) is 18.0 Å². The summed E-state index contributed by atoms with van der Waals surface area (Å²) in [6.45, 7) is 1.87. The molecule has 0 radical (unpaired) electrons. The molecular formula is C24H20N2O2. The monoisotopic (exact) mass is 368 g/mol. The Hall–Kier alpha value is -3.66. The van der Waals surface area contributed by atoms with Crippen LogP contribution >= 0.6 is 0 Å². The quantitative estimate of drug-likeness (QED) is 0.519. The largest absolute Gasteiger partial charge is 0.495 e. The van der Waals surface area contributed by atoms with Crippen LogP contribution in [0.25, 0.3) is 22.0 Å². The van der Waals surface area contributed by atoms with Crippen LogP contribution in [0, 0.1) is 6.92 Å². The molecule has 4 aromatic rings. The predicted octanol–water partition coefficient (Wildman–Crippen LogP) is 5.47. The molecular weight excluding hydrogens is 348 g/mol. The molecule has 0 unspecified atom stereocenters. The average molecular weight is 368 g/mol. The number of nitrogens with one attached hydrogen (secondary N) is 1. The normalized spacial score (nSPS) is 10.6. The van der Waals surface area contributed by atoms with E-state index in [1.807, 2.05) is 85.8 Å². The molecule has 0 aliphatic rings. The lowest BCUT2D eigenvalue weighted by atomic mass is 9.94. The van der Waals surface area contributed by atoms with Crippen molar-refractivity contribution in [1.29, 1.82) is 0 Å². The summed E-state index contributed by atoms with van der Waals surface area (Å²) in [4.78, 5) is 18.0.